The standard InChI is InChI=1S/C25H16Br2N3/c26-16-9-11-17(12-10-16)30-15-29-14-13-19-18-5-2-4-8-22(18)28-23(19)25(29)24(30)20-6-1-3-7-21(20)27/h1-15,28H/q+1. The molecule has 6 aromatic rings. The highest BCUT2D eigenvalue weighted by molar-refractivity contribution is 9.10. The Morgan fingerprint density at radius 2 is 1.53 bits per heavy atom. The van der Waals surface area contributed by atoms with Crippen molar-refractivity contribution in [1.29, 1.82) is 0 Å². The van der Waals surface area contributed by atoms with Crippen LogP contribution in [0.1, 0.15) is 0 Å². The second kappa shape index (κ2) is 6.83. The van der Waals surface area contributed by atoms with Crippen LogP contribution in [0, 0.1) is 0 Å². The molecule has 0 fully saturated rings. The third-order valence-electron chi connectivity index (χ3n) is 5.58. The third kappa shape index (κ3) is 2.66. The number of para-hydroxylation sites is 1. The Morgan fingerprint density at radius 3 is 2.37 bits per heavy atom. The molecule has 3 nitrogen and oxygen atoms in total. The van der Waals surface area contributed by atoms with E-state index in [1.807, 2.05) is 6.07 Å². The van der Waals surface area contributed by atoms with E-state index in [1.165, 1.54) is 10.8 Å². The molecular formula is C25H16Br2N3+. The lowest BCUT2D eigenvalue weighted by Crippen LogP contribution is -2.17. The number of nitrogens with one attached hydrogen (secondary N) is 1. The number of nitrogens with zero attached hydrogens (tertiary/aromatic N) is 2. The molecule has 0 spiro atoms. The van der Waals surface area contributed by atoms with Crippen LogP contribution in [0.3, 0.4) is 0 Å². The molecule has 0 radical (unpaired) electrons. The summed E-state index contributed by atoms with van der Waals surface area (Å²) in [7, 11) is 0. The average molecular weight is 518 g/mol. The van der Waals surface area contributed by atoms with Crippen molar-refractivity contribution >= 4 is 59.2 Å². The Hall–Kier alpha value is -2.89. The van der Waals surface area contributed by atoms with Crippen LogP contribution in [0.2, 0.25) is 0 Å². The molecule has 144 valence electrons. The first-order valence-electron chi connectivity index (χ1n) is 9.67. The molecule has 3 heterocycles. The van der Waals surface area contributed by atoms with Gasteiger partial charge in [0, 0.05) is 30.8 Å². The van der Waals surface area contributed by atoms with E-state index in [-0.39, 0.29) is 0 Å². The maximum absolute atomic E-state index is 3.78. The number of halogens is 2. The minimum atomic E-state index is 1.07. The van der Waals surface area contributed by atoms with Gasteiger partial charge in [-0.25, -0.2) is 0 Å². The summed E-state index contributed by atoms with van der Waals surface area (Å²) in [6, 6.07) is 27.5. The Labute approximate surface area is 189 Å². The quantitative estimate of drug-likeness (QED) is 0.238. The lowest BCUT2D eigenvalue weighted by molar-refractivity contribution is -0.510. The predicted molar refractivity (Wildman–Crippen MR) is 129 cm³/mol. The molecule has 3 aromatic heterocycles. The van der Waals surface area contributed by atoms with E-state index >= 15 is 0 Å². The molecule has 0 saturated carbocycles. The summed E-state index contributed by atoms with van der Waals surface area (Å²) in [6.45, 7) is 0. The van der Waals surface area contributed by atoms with E-state index < -0.39 is 0 Å². The van der Waals surface area contributed by atoms with Crippen LogP contribution < -0.4 is 4.40 Å². The molecule has 0 amide bonds. The van der Waals surface area contributed by atoms with E-state index in [4.69, 9.17) is 0 Å². The van der Waals surface area contributed by atoms with Gasteiger partial charge in [0.2, 0.25) is 5.52 Å². The van der Waals surface area contributed by atoms with Gasteiger partial charge in [-0.1, -0.05) is 62.2 Å². The largest absolute Gasteiger partial charge is 0.351 e. The number of aromatic nitrogens is 3. The van der Waals surface area contributed by atoms with Crippen molar-refractivity contribution in [3.63, 3.8) is 0 Å². The van der Waals surface area contributed by atoms with E-state index in [2.05, 4.69) is 131 Å². The SMILES string of the molecule is Brc1ccc(-n2c[n+]3ccc4c5ccccc5[nH]c4c3c2-c2ccccc2Br)cc1. The summed E-state index contributed by atoms with van der Waals surface area (Å²) in [4.78, 5) is 3.67. The molecule has 6 rings (SSSR count). The van der Waals surface area contributed by atoms with Crippen LogP contribution in [-0.4, -0.2) is 9.55 Å². The maximum atomic E-state index is 3.78. The van der Waals surface area contributed by atoms with Crippen molar-refractivity contribution in [2.45, 2.75) is 0 Å². The smallest absolute Gasteiger partial charge is 0.254 e. The summed E-state index contributed by atoms with van der Waals surface area (Å²) in [5.41, 5.74) is 6.84. The molecule has 0 bridgehead atoms. The van der Waals surface area contributed by atoms with Crippen molar-refractivity contribution < 1.29 is 4.40 Å². The van der Waals surface area contributed by atoms with Gasteiger partial charge in [0.05, 0.1) is 11.7 Å². The van der Waals surface area contributed by atoms with Crippen LogP contribution in [0.4, 0.5) is 0 Å². The first-order valence-corrected chi connectivity index (χ1v) is 11.3. The van der Waals surface area contributed by atoms with E-state index in [1.54, 1.807) is 0 Å². The van der Waals surface area contributed by atoms with Crippen molar-refractivity contribution in [1.82, 2.24) is 9.55 Å². The highest BCUT2D eigenvalue weighted by Crippen LogP contribution is 2.36. The number of hydrogen-bond donors (Lipinski definition) is 1. The minimum absolute atomic E-state index is 1.07. The molecule has 30 heavy (non-hydrogen) atoms. The number of benzene rings is 3. The fraction of sp³-hybridized carbons (Fsp3) is 0. The maximum Gasteiger partial charge on any atom is 0.254 e. The van der Waals surface area contributed by atoms with Gasteiger partial charge in [-0.3, -0.25) is 0 Å². The van der Waals surface area contributed by atoms with Gasteiger partial charge >= 0.3 is 0 Å². The molecule has 1 N–H and O–H groups in total. The molecule has 3 aromatic carbocycles. The number of H-pyrrole nitrogens is 1. The van der Waals surface area contributed by atoms with Crippen molar-refractivity contribution in [2.24, 2.45) is 0 Å². The average Bonchev–Trinajstić information content (AvgIpc) is 3.33. The highest BCUT2D eigenvalue weighted by Gasteiger charge is 2.26. The molecule has 0 aliphatic rings. The summed E-state index contributed by atoms with van der Waals surface area (Å²) in [5.74, 6) is 0. The fourth-order valence-electron chi connectivity index (χ4n) is 4.22. The molecule has 0 atom stereocenters. The number of imidazole rings is 1. The Bertz CT molecular complexity index is 1560. The summed E-state index contributed by atoms with van der Waals surface area (Å²) in [5, 5.41) is 2.47. The number of pyridine rings is 1. The van der Waals surface area contributed by atoms with E-state index in [9.17, 15) is 0 Å². The predicted octanol–water partition coefficient (Wildman–Crippen LogP) is 7.04. The molecule has 0 unspecified atom stereocenters. The van der Waals surface area contributed by atoms with Gasteiger partial charge in [-0.2, -0.15) is 8.97 Å². The van der Waals surface area contributed by atoms with Crippen LogP contribution >= 0.6 is 31.9 Å². The van der Waals surface area contributed by atoms with Crippen LogP contribution in [0.5, 0.6) is 0 Å². The van der Waals surface area contributed by atoms with Crippen molar-refractivity contribution in [2.75, 3.05) is 0 Å². The first kappa shape index (κ1) is 17.9. The zero-order valence-corrected chi connectivity index (χ0v) is 19.0. The second-order valence-electron chi connectivity index (χ2n) is 7.32. The minimum Gasteiger partial charge on any atom is -0.351 e. The Morgan fingerprint density at radius 1 is 0.767 bits per heavy atom. The van der Waals surface area contributed by atoms with E-state index in [0.29, 0.717) is 0 Å². The number of hydrogen-bond acceptors (Lipinski definition) is 0. The molecule has 0 aliphatic carbocycles. The monoisotopic (exact) mass is 516 g/mol. The lowest BCUT2D eigenvalue weighted by Gasteiger charge is -2.05. The molecule has 0 aliphatic heterocycles. The van der Waals surface area contributed by atoms with Gasteiger partial charge < -0.3 is 4.98 Å². The number of fused-ring (bicyclic) bond motifs is 5. The Balaban J connectivity index is 1.80. The van der Waals surface area contributed by atoms with Gasteiger partial charge in [0.25, 0.3) is 6.33 Å². The zero-order chi connectivity index (χ0) is 20.2. The molecule has 0 saturated heterocycles. The summed E-state index contributed by atoms with van der Waals surface area (Å²) < 4.78 is 6.59. The van der Waals surface area contributed by atoms with Gasteiger partial charge in [-0.15, -0.1) is 0 Å². The molecular weight excluding hydrogens is 502 g/mol. The van der Waals surface area contributed by atoms with Gasteiger partial charge in [-0.05, 0) is 48.5 Å². The third-order valence-corrected chi connectivity index (χ3v) is 6.80. The number of rotatable bonds is 2. The fourth-order valence-corrected chi connectivity index (χ4v) is 4.96. The lowest BCUT2D eigenvalue weighted by atomic mass is 10.1. The van der Waals surface area contributed by atoms with Crippen LogP contribution in [0.25, 0.3) is 44.3 Å². The van der Waals surface area contributed by atoms with Crippen LogP contribution in [0.15, 0.2) is 100 Å². The van der Waals surface area contributed by atoms with Crippen molar-refractivity contribution in [3.8, 4) is 16.9 Å². The topological polar surface area (TPSA) is 24.8 Å². The number of aromatic amines is 1. The second-order valence-corrected chi connectivity index (χ2v) is 9.09. The van der Waals surface area contributed by atoms with Gasteiger partial charge in [0.1, 0.15) is 5.69 Å². The van der Waals surface area contributed by atoms with Crippen LogP contribution in [-0.2, 0) is 0 Å². The van der Waals surface area contributed by atoms with Crippen molar-refractivity contribution in [3.05, 3.63) is 100 Å². The molecule has 5 heteroatoms. The van der Waals surface area contributed by atoms with E-state index in [0.717, 1.165) is 42.4 Å². The zero-order valence-electron chi connectivity index (χ0n) is 15.8. The summed E-state index contributed by atoms with van der Waals surface area (Å²) in [6.07, 6.45) is 4.30. The summed E-state index contributed by atoms with van der Waals surface area (Å²) >= 11 is 7.33. The highest BCUT2D eigenvalue weighted by atomic mass is 79.9. The first-order chi connectivity index (χ1) is 14.7. The Kier molecular flexibility index (Phi) is 4.08. The normalized spacial score (nSPS) is 11.7. The van der Waals surface area contributed by atoms with Gasteiger partial charge in [0.15, 0.2) is 5.69 Å².